The molecule has 0 aromatic heterocycles. The number of hydrogen-bond donors (Lipinski definition) is 3. The van der Waals surface area contributed by atoms with E-state index < -0.39 is 12.7 Å². The summed E-state index contributed by atoms with van der Waals surface area (Å²) in [6, 6.07) is 12.4. The second-order valence-electron chi connectivity index (χ2n) is 6.20. The second kappa shape index (κ2) is 8.87. The first-order valence-corrected chi connectivity index (χ1v) is 9.06. The Morgan fingerprint density at radius 3 is 2.31 bits per heavy atom. The van der Waals surface area contributed by atoms with Gasteiger partial charge in [-0.25, -0.2) is 0 Å². The van der Waals surface area contributed by atoms with E-state index in [2.05, 4.69) is 20.7 Å². The molecule has 9 heteroatoms. The van der Waals surface area contributed by atoms with E-state index in [0.29, 0.717) is 33.4 Å². The van der Waals surface area contributed by atoms with Gasteiger partial charge in [0.05, 0.1) is 18.7 Å². The average Bonchev–Trinajstić information content (AvgIpc) is 2.68. The van der Waals surface area contributed by atoms with E-state index in [4.69, 9.17) is 17.0 Å². The van der Waals surface area contributed by atoms with Gasteiger partial charge < -0.3 is 25.4 Å². The molecule has 1 amide bonds. The molecule has 6 nitrogen and oxygen atoms in total. The van der Waals surface area contributed by atoms with Crippen LogP contribution in [0.3, 0.4) is 0 Å². The van der Waals surface area contributed by atoms with Crippen LogP contribution in [0.15, 0.2) is 59.8 Å². The highest BCUT2D eigenvalue weighted by Gasteiger charge is 2.30. The zero-order valence-electron chi connectivity index (χ0n) is 15.7. The van der Waals surface area contributed by atoms with Gasteiger partial charge in [-0.05, 0) is 61.1 Å². The minimum Gasteiger partial charge on any atom is -0.497 e. The Morgan fingerprint density at radius 1 is 1.10 bits per heavy atom. The summed E-state index contributed by atoms with van der Waals surface area (Å²) in [4.78, 5) is 13.0. The number of anilines is 1. The quantitative estimate of drug-likeness (QED) is 0.620. The van der Waals surface area contributed by atoms with Crippen LogP contribution in [0.2, 0.25) is 0 Å². The van der Waals surface area contributed by atoms with Gasteiger partial charge in [0.15, 0.2) is 5.11 Å². The van der Waals surface area contributed by atoms with Crippen molar-refractivity contribution in [3.05, 3.63) is 65.4 Å². The predicted molar refractivity (Wildman–Crippen MR) is 109 cm³/mol. The number of alkyl halides is 2. The smallest absolute Gasteiger partial charge is 0.387 e. The third-order valence-electron chi connectivity index (χ3n) is 4.30. The lowest BCUT2D eigenvalue weighted by molar-refractivity contribution is -0.113. The van der Waals surface area contributed by atoms with Crippen LogP contribution in [0.5, 0.6) is 11.5 Å². The number of carbonyl (C=O) groups excluding carboxylic acids is 1. The van der Waals surface area contributed by atoms with E-state index in [0.717, 1.165) is 0 Å². The first-order chi connectivity index (χ1) is 13.9. The molecular formula is C20H19F2N3O3S. The molecule has 2 aromatic rings. The third-order valence-corrected chi connectivity index (χ3v) is 4.52. The number of hydrogen-bond acceptors (Lipinski definition) is 4. The Morgan fingerprint density at radius 2 is 1.72 bits per heavy atom. The highest BCUT2D eigenvalue weighted by atomic mass is 32.1. The first kappa shape index (κ1) is 20.5. The van der Waals surface area contributed by atoms with Crippen molar-refractivity contribution in [2.75, 3.05) is 12.4 Å². The zero-order chi connectivity index (χ0) is 21.0. The van der Waals surface area contributed by atoms with Gasteiger partial charge >= 0.3 is 6.61 Å². The Labute approximate surface area is 171 Å². The van der Waals surface area contributed by atoms with Gasteiger partial charge in [0.25, 0.3) is 5.91 Å². The number of nitrogens with one attached hydrogen (secondary N) is 3. The molecule has 152 valence electrons. The second-order valence-corrected chi connectivity index (χ2v) is 6.61. The molecule has 0 saturated heterocycles. The summed E-state index contributed by atoms with van der Waals surface area (Å²) in [6.45, 7) is -1.16. The summed E-state index contributed by atoms with van der Waals surface area (Å²) in [5, 5.41) is 9.21. The van der Waals surface area contributed by atoms with Gasteiger partial charge in [0.1, 0.15) is 11.5 Å². The summed E-state index contributed by atoms with van der Waals surface area (Å²) in [6.07, 6.45) is 0. The van der Waals surface area contributed by atoms with Gasteiger partial charge in [0, 0.05) is 11.4 Å². The van der Waals surface area contributed by atoms with E-state index in [1.165, 1.54) is 12.1 Å². The molecule has 1 aliphatic rings. The molecule has 1 heterocycles. The van der Waals surface area contributed by atoms with E-state index in [-0.39, 0.29) is 11.7 Å². The molecule has 0 fully saturated rings. The van der Waals surface area contributed by atoms with Gasteiger partial charge in [-0.3, -0.25) is 4.79 Å². The highest BCUT2D eigenvalue weighted by Crippen LogP contribution is 2.29. The van der Waals surface area contributed by atoms with Crippen LogP contribution in [-0.2, 0) is 4.79 Å². The average molecular weight is 419 g/mol. The molecule has 29 heavy (non-hydrogen) atoms. The molecule has 0 aliphatic carbocycles. The lowest BCUT2D eigenvalue weighted by atomic mass is 9.95. The number of rotatable bonds is 6. The standard InChI is InChI=1S/C20H19F2N3O3S/c1-11-16(18(26)24-13-5-9-14(27-2)10-6-13)17(25-20(29)23-11)12-3-7-15(8-4-12)28-19(21)22/h3-10,17,19H,1-2H3,(H,24,26)(H2,23,25,29)/t17-/m0/s1. The van der Waals surface area contributed by atoms with Gasteiger partial charge in [0.2, 0.25) is 0 Å². The van der Waals surface area contributed by atoms with Crippen LogP contribution in [0.1, 0.15) is 18.5 Å². The van der Waals surface area contributed by atoms with E-state index in [9.17, 15) is 13.6 Å². The van der Waals surface area contributed by atoms with Crippen LogP contribution in [0, 0.1) is 0 Å². The number of halogens is 2. The Kier molecular flexibility index (Phi) is 6.28. The van der Waals surface area contributed by atoms with Crippen LogP contribution in [0.25, 0.3) is 0 Å². The summed E-state index contributed by atoms with van der Waals surface area (Å²) in [5.41, 5.74) is 2.30. The number of allylic oxidation sites excluding steroid dienone is 1. The van der Waals surface area contributed by atoms with Crippen molar-refractivity contribution in [2.45, 2.75) is 19.6 Å². The number of ether oxygens (including phenoxy) is 2. The maximum Gasteiger partial charge on any atom is 0.387 e. The minimum absolute atomic E-state index is 0.0326. The molecule has 0 radical (unpaired) electrons. The number of carbonyl (C=O) groups is 1. The fourth-order valence-electron chi connectivity index (χ4n) is 2.96. The molecule has 0 spiro atoms. The van der Waals surface area contributed by atoms with E-state index >= 15 is 0 Å². The van der Waals surface area contributed by atoms with Crippen molar-refractivity contribution < 1.29 is 23.0 Å². The monoisotopic (exact) mass is 419 g/mol. The lowest BCUT2D eigenvalue weighted by Crippen LogP contribution is -2.45. The summed E-state index contributed by atoms with van der Waals surface area (Å²) < 4.78 is 34.2. The maximum absolute atomic E-state index is 13.0. The van der Waals surface area contributed by atoms with Crippen molar-refractivity contribution in [1.82, 2.24) is 10.6 Å². The predicted octanol–water partition coefficient (Wildman–Crippen LogP) is 3.73. The van der Waals surface area contributed by atoms with Crippen molar-refractivity contribution >= 4 is 28.9 Å². The SMILES string of the molecule is COc1ccc(NC(=O)C2=C(C)NC(=S)N[C@H]2c2ccc(OC(F)F)cc2)cc1. The third kappa shape index (κ3) is 5.00. The number of thiocarbonyl (C=S) groups is 1. The topological polar surface area (TPSA) is 71.6 Å². The number of amides is 1. The molecule has 0 bridgehead atoms. The number of benzene rings is 2. The molecular weight excluding hydrogens is 400 g/mol. The normalized spacial score (nSPS) is 16.2. The Hall–Kier alpha value is -3.20. The van der Waals surface area contributed by atoms with E-state index in [1.807, 2.05) is 0 Å². The fraction of sp³-hybridized carbons (Fsp3) is 0.200. The van der Waals surface area contributed by atoms with Crippen LogP contribution in [0.4, 0.5) is 14.5 Å². The zero-order valence-corrected chi connectivity index (χ0v) is 16.5. The molecule has 1 aliphatic heterocycles. The van der Waals surface area contributed by atoms with Crippen molar-refractivity contribution in [1.29, 1.82) is 0 Å². The summed E-state index contributed by atoms with van der Waals surface area (Å²) in [7, 11) is 1.56. The molecule has 3 N–H and O–H groups in total. The van der Waals surface area contributed by atoms with Gasteiger partial charge in [-0.2, -0.15) is 8.78 Å². The van der Waals surface area contributed by atoms with Crippen molar-refractivity contribution in [3.63, 3.8) is 0 Å². The highest BCUT2D eigenvalue weighted by molar-refractivity contribution is 7.80. The number of methoxy groups -OCH3 is 1. The van der Waals surface area contributed by atoms with Crippen molar-refractivity contribution in [2.24, 2.45) is 0 Å². The fourth-order valence-corrected chi connectivity index (χ4v) is 3.23. The molecule has 0 saturated carbocycles. The Bertz CT molecular complexity index is 931. The summed E-state index contributed by atoms with van der Waals surface area (Å²) >= 11 is 5.21. The Balaban J connectivity index is 1.85. The van der Waals surface area contributed by atoms with Gasteiger partial charge in [-0.1, -0.05) is 12.1 Å². The first-order valence-electron chi connectivity index (χ1n) is 8.66. The van der Waals surface area contributed by atoms with Crippen molar-refractivity contribution in [3.8, 4) is 11.5 Å². The summed E-state index contributed by atoms with van der Waals surface area (Å²) in [5.74, 6) is 0.381. The van der Waals surface area contributed by atoms with Gasteiger partial charge in [-0.15, -0.1) is 0 Å². The van der Waals surface area contributed by atoms with Crippen LogP contribution >= 0.6 is 12.2 Å². The van der Waals surface area contributed by atoms with E-state index in [1.54, 1.807) is 50.4 Å². The molecule has 3 rings (SSSR count). The largest absolute Gasteiger partial charge is 0.497 e. The lowest BCUT2D eigenvalue weighted by Gasteiger charge is -2.30. The van der Waals surface area contributed by atoms with Crippen LogP contribution in [-0.4, -0.2) is 24.7 Å². The van der Waals surface area contributed by atoms with Crippen LogP contribution < -0.4 is 25.4 Å². The maximum atomic E-state index is 13.0. The molecule has 1 atom stereocenters. The molecule has 2 aromatic carbocycles. The minimum atomic E-state index is -2.90. The molecule has 0 unspecified atom stereocenters.